The minimum Gasteiger partial charge on any atom is -0.508 e. The maximum Gasteiger partial charge on any atom is 0.235 e. The van der Waals surface area contributed by atoms with Crippen LogP contribution in [0.4, 0.5) is 0 Å². The average molecular weight is 400 g/mol. The highest BCUT2D eigenvalue weighted by Gasteiger charge is 2.31. The second-order valence-corrected chi connectivity index (χ2v) is 7.08. The molecule has 4 aromatic rings. The van der Waals surface area contributed by atoms with Crippen molar-refractivity contribution < 1.29 is 24.9 Å². The number of hydrogen-bond donors (Lipinski definition) is 3. The number of phenolic OH excluding ortho intramolecular Hbond substituents is 3. The molecule has 1 aliphatic rings. The molecule has 30 heavy (non-hydrogen) atoms. The number of aromatic hydroxyl groups is 3. The van der Waals surface area contributed by atoms with Gasteiger partial charge in [-0.1, -0.05) is 12.1 Å². The van der Waals surface area contributed by atoms with Crippen molar-refractivity contribution in [1.29, 1.82) is 0 Å². The molecule has 3 N–H and O–H groups in total. The number of aromatic nitrogens is 2. The smallest absolute Gasteiger partial charge is 0.235 e. The standard InChI is InChI=1S/C23H16N2O5/c1-25-11-13(8-19-22(29)21-17(28)9-15(27)10-18(21)30-19)20-16(6-7-24-23(20)25)12-2-4-14(26)5-3-12/h2-11,26-28H,1H3. The van der Waals surface area contributed by atoms with Gasteiger partial charge in [-0.25, -0.2) is 4.98 Å². The van der Waals surface area contributed by atoms with Gasteiger partial charge in [-0.05, 0) is 35.4 Å². The van der Waals surface area contributed by atoms with Crippen molar-refractivity contribution in [2.75, 3.05) is 0 Å². The molecular weight excluding hydrogens is 384 g/mol. The molecule has 0 radical (unpaired) electrons. The molecule has 7 nitrogen and oxygen atoms in total. The number of fused-ring (bicyclic) bond motifs is 2. The van der Waals surface area contributed by atoms with Crippen LogP contribution in [0.25, 0.3) is 28.2 Å². The van der Waals surface area contributed by atoms with Gasteiger partial charge in [-0.3, -0.25) is 4.79 Å². The molecule has 0 spiro atoms. The van der Waals surface area contributed by atoms with Crippen molar-refractivity contribution in [3.63, 3.8) is 0 Å². The van der Waals surface area contributed by atoms with E-state index >= 15 is 0 Å². The SMILES string of the molecule is Cn1cc(C=C2Oc3cc(O)cc(O)c3C2=O)c2c(-c3ccc(O)cc3)ccnc21. The Morgan fingerprint density at radius 2 is 1.80 bits per heavy atom. The summed E-state index contributed by atoms with van der Waals surface area (Å²) < 4.78 is 7.48. The zero-order chi connectivity index (χ0) is 21.0. The number of pyridine rings is 1. The quantitative estimate of drug-likeness (QED) is 0.440. The fourth-order valence-corrected chi connectivity index (χ4v) is 3.75. The summed E-state index contributed by atoms with van der Waals surface area (Å²) in [6, 6.07) is 11.1. The average Bonchev–Trinajstić information content (AvgIpc) is 3.19. The fraction of sp³-hybridized carbons (Fsp3) is 0.0435. The van der Waals surface area contributed by atoms with Crippen LogP contribution in [0.5, 0.6) is 23.0 Å². The zero-order valence-electron chi connectivity index (χ0n) is 15.8. The molecule has 7 heteroatoms. The lowest BCUT2D eigenvalue weighted by atomic mass is 10.0. The molecule has 148 valence electrons. The van der Waals surface area contributed by atoms with Gasteiger partial charge >= 0.3 is 0 Å². The van der Waals surface area contributed by atoms with Gasteiger partial charge in [0.15, 0.2) is 5.76 Å². The summed E-state index contributed by atoms with van der Waals surface area (Å²) in [6.07, 6.45) is 5.15. The number of Topliss-reactive ketones (excluding diaryl/α,β-unsaturated/α-hetero) is 1. The van der Waals surface area contributed by atoms with Gasteiger partial charge in [0.1, 0.15) is 34.2 Å². The molecule has 0 unspecified atom stereocenters. The largest absolute Gasteiger partial charge is 0.508 e. The Hall–Kier alpha value is -4.26. The third-order valence-electron chi connectivity index (χ3n) is 5.09. The van der Waals surface area contributed by atoms with E-state index in [4.69, 9.17) is 4.74 Å². The molecule has 0 fully saturated rings. The Bertz CT molecular complexity index is 1370. The number of rotatable bonds is 2. The van der Waals surface area contributed by atoms with Crippen molar-refractivity contribution in [2.24, 2.45) is 7.05 Å². The third kappa shape index (κ3) is 2.68. The number of aryl methyl sites for hydroxylation is 1. The molecular formula is C23H16N2O5. The molecule has 0 amide bonds. The van der Waals surface area contributed by atoms with Crippen molar-refractivity contribution in [3.8, 4) is 34.1 Å². The van der Waals surface area contributed by atoms with Crippen molar-refractivity contribution >= 4 is 22.9 Å². The minimum absolute atomic E-state index is 0.0242. The first kappa shape index (κ1) is 17.8. The molecule has 2 aromatic heterocycles. The van der Waals surface area contributed by atoms with Gasteiger partial charge < -0.3 is 24.6 Å². The summed E-state index contributed by atoms with van der Waals surface area (Å²) in [5.41, 5.74) is 3.22. The predicted molar refractivity (Wildman–Crippen MR) is 111 cm³/mol. The first-order valence-electron chi connectivity index (χ1n) is 9.16. The Balaban J connectivity index is 1.68. The summed E-state index contributed by atoms with van der Waals surface area (Å²) >= 11 is 0. The van der Waals surface area contributed by atoms with Gasteiger partial charge in [-0.2, -0.15) is 0 Å². The minimum atomic E-state index is -0.463. The van der Waals surface area contributed by atoms with E-state index in [0.717, 1.165) is 28.2 Å². The number of benzene rings is 2. The highest BCUT2D eigenvalue weighted by Crippen LogP contribution is 2.41. The van der Waals surface area contributed by atoms with Crippen LogP contribution < -0.4 is 4.74 Å². The maximum atomic E-state index is 12.8. The van der Waals surface area contributed by atoms with E-state index in [2.05, 4.69) is 4.98 Å². The highest BCUT2D eigenvalue weighted by atomic mass is 16.5. The Kier molecular flexibility index (Phi) is 3.79. The number of phenols is 3. The van der Waals surface area contributed by atoms with E-state index in [0.29, 0.717) is 5.56 Å². The van der Waals surface area contributed by atoms with Crippen molar-refractivity contribution in [2.45, 2.75) is 0 Å². The van der Waals surface area contributed by atoms with Crippen LogP contribution in [-0.2, 0) is 7.05 Å². The molecule has 0 saturated heterocycles. The maximum absolute atomic E-state index is 12.8. The van der Waals surface area contributed by atoms with Gasteiger partial charge in [0.05, 0.1) is 0 Å². The number of allylic oxidation sites excluding steroid dienone is 1. The highest BCUT2D eigenvalue weighted by molar-refractivity contribution is 6.17. The van der Waals surface area contributed by atoms with E-state index in [9.17, 15) is 20.1 Å². The predicted octanol–water partition coefficient (Wildman–Crippen LogP) is 3.97. The third-order valence-corrected chi connectivity index (χ3v) is 5.09. The second kappa shape index (κ2) is 6.38. The Morgan fingerprint density at radius 1 is 1.03 bits per heavy atom. The lowest BCUT2D eigenvalue weighted by Gasteiger charge is -2.06. The topological polar surface area (TPSA) is 105 Å². The van der Waals surface area contributed by atoms with E-state index in [-0.39, 0.29) is 34.3 Å². The van der Waals surface area contributed by atoms with E-state index in [1.54, 1.807) is 24.4 Å². The first-order chi connectivity index (χ1) is 14.4. The number of hydrogen-bond acceptors (Lipinski definition) is 6. The fourth-order valence-electron chi connectivity index (χ4n) is 3.75. The molecule has 0 atom stereocenters. The summed E-state index contributed by atoms with van der Waals surface area (Å²) in [7, 11) is 1.86. The van der Waals surface area contributed by atoms with Crippen LogP contribution in [0.3, 0.4) is 0 Å². The Labute approximate surface area is 170 Å². The van der Waals surface area contributed by atoms with Crippen LogP contribution in [0.1, 0.15) is 15.9 Å². The van der Waals surface area contributed by atoms with E-state index in [1.807, 2.05) is 36.0 Å². The van der Waals surface area contributed by atoms with E-state index < -0.39 is 5.78 Å². The number of ether oxygens (including phenoxy) is 1. The summed E-state index contributed by atoms with van der Waals surface area (Å²) in [4.78, 5) is 17.2. The molecule has 1 aliphatic heterocycles. The van der Waals surface area contributed by atoms with Gasteiger partial charge in [0, 0.05) is 42.5 Å². The molecule has 5 rings (SSSR count). The Morgan fingerprint density at radius 3 is 2.57 bits per heavy atom. The number of carbonyl (C=O) groups is 1. The van der Waals surface area contributed by atoms with Gasteiger partial charge in [-0.15, -0.1) is 0 Å². The van der Waals surface area contributed by atoms with Crippen molar-refractivity contribution in [1.82, 2.24) is 9.55 Å². The van der Waals surface area contributed by atoms with Crippen LogP contribution in [0, 0.1) is 0 Å². The van der Waals surface area contributed by atoms with Crippen molar-refractivity contribution in [3.05, 3.63) is 71.7 Å². The summed E-state index contributed by atoms with van der Waals surface area (Å²) in [5, 5.41) is 30.1. The molecule has 3 heterocycles. The number of nitrogens with zero attached hydrogens (tertiary/aromatic N) is 2. The first-order valence-corrected chi connectivity index (χ1v) is 9.16. The summed E-state index contributed by atoms with van der Waals surface area (Å²) in [5.74, 6) is -0.661. The second-order valence-electron chi connectivity index (χ2n) is 7.08. The normalized spacial score (nSPS) is 14.3. The monoisotopic (exact) mass is 400 g/mol. The lowest BCUT2D eigenvalue weighted by Crippen LogP contribution is -1.98. The van der Waals surface area contributed by atoms with Crippen LogP contribution in [0.2, 0.25) is 0 Å². The van der Waals surface area contributed by atoms with E-state index in [1.165, 1.54) is 6.07 Å². The van der Waals surface area contributed by atoms with Gasteiger partial charge in [0.25, 0.3) is 0 Å². The molecule has 2 aromatic carbocycles. The molecule has 0 bridgehead atoms. The van der Waals surface area contributed by atoms with Crippen LogP contribution >= 0.6 is 0 Å². The summed E-state index contributed by atoms with van der Waals surface area (Å²) in [6.45, 7) is 0. The van der Waals surface area contributed by atoms with Crippen LogP contribution in [0.15, 0.2) is 60.6 Å². The van der Waals surface area contributed by atoms with Crippen LogP contribution in [-0.4, -0.2) is 30.7 Å². The van der Waals surface area contributed by atoms with Gasteiger partial charge in [0.2, 0.25) is 5.78 Å². The lowest BCUT2D eigenvalue weighted by molar-refractivity contribution is 0.101. The zero-order valence-corrected chi connectivity index (χ0v) is 15.8. The number of carbonyl (C=O) groups excluding carboxylic acids is 1. The number of ketones is 1. The molecule has 0 aliphatic carbocycles. The molecule has 0 saturated carbocycles.